The molecule has 10 nitrogen and oxygen atoms in total. The third-order valence-corrected chi connectivity index (χ3v) is 7.11. The highest BCUT2D eigenvalue weighted by Crippen LogP contribution is 2.27. The summed E-state index contributed by atoms with van der Waals surface area (Å²) in [5.74, 6) is 2.14. The molecule has 0 unspecified atom stereocenters. The standard InChI is InChI=1S/C28H42N8O2/c1-4-5-6-11-31-27-26-23(32-28(29)33-27)10-13-36(26)20-22-8-7-21(18-24(22)38-3)19-34-14-16-35(17-15-34)25(37)9-12-30-2/h7-8,10,13,18,30H,4-6,9,11-12,14-17,19-20H2,1-3H3,(H3,29,31,32,33). The first-order valence-corrected chi connectivity index (χ1v) is 13.7. The first kappa shape index (κ1) is 27.7. The smallest absolute Gasteiger partial charge is 0.223 e. The van der Waals surface area contributed by atoms with Crippen LogP contribution in [-0.2, 0) is 17.9 Å². The highest BCUT2D eigenvalue weighted by Gasteiger charge is 2.21. The first-order chi connectivity index (χ1) is 18.5. The number of ether oxygens (including phenoxy) is 1. The van der Waals surface area contributed by atoms with Crippen LogP contribution < -0.4 is 21.1 Å². The van der Waals surface area contributed by atoms with E-state index in [-0.39, 0.29) is 11.9 Å². The van der Waals surface area contributed by atoms with Crippen molar-refractivity contribution in [2.24, 2.45) is 0 Å². The summed E-state index contributed by atoms with van der Waals surface area (Å²) < 4.78 is 7.96. The second-order valence-corrected chi connectivity index (χ2v) is 9.90. The number of rotatable bonds is 13. The Labute approximate surface area is 225 Å². The summed E-state index contributed by atoms with van der Waals surface area (Å²) in [4.78, 5) is 25.6. The van der Waals surface area contributed by atoms with Crippen molar-refractivity contribution in [1.29, 1.82) is 0 Å². The average molecular weight is 523 g/mol. The SMILES string of the molecule is CCCCCNc1nc(N)nc2ccn(Cc3ccc(CN4CCN(C(=O)CCNC)CC4)cc3OC)c12. The van der Waals surface area contributed by atoms with Crippen molar-refractivity contribution < 1.29 is 9.53 Å². The van der Waals surface area contributed by atoms with Crippen molar-refractivity contribution in [2.75, 3.05) is 64.5 Å². The minimum atomic E-state index is 0.231. The molecule has 0 spiro atoms. The van der Waals surface area contributed by atoms with E-state index in [0.29, 0.717) is 13.0 Å². The topological polar surface area (TPSA) is 114 Å². The maximum atomic E-state index is 12.3. The van der Waals surface area contributed by atoms with Gasteiger partial charge >= 0.3 is 0 Å². The van der Waals surface area contributed by atoms with Gasteiger partial charge in [-0.25, -0.2) is 4.98 Å². The van der Waals surface area contributed by atoms with Gasteiger partial charge in [-0.1, -0.05) is 31.9 Å². The summed E-state index contributed by atoms with van der Waals surface area (Å²) in [5, 5.41) is 6.51. The van der Waals surface area contributed by atoms with E-state index in [9.17, 15) is 4.79 Å². The molecule has 0 radical (unpaired) electrons. The quantitative estimate of drug-likeness (QED) is 0.294. The predicted molar refractivity (Wildman–Crippen MR) is 152 cm³/mol. The van der Waals surface area contributed by atoms with Crippen LogP contribution in [0.15, 0.2) is 30.5 Å². The zero-order valence-electron chi connectivity index (χ0n) is 23.0. The number of piperazine rings is 1. The third kappa shape index (κ3) is 6.93. The Kier molecular flexibility index (Phi) is 9.78. The molecule has 0 saturated carbocycles. The van der Waals surface area contributed by atoms with Crippen molar-refractivity contribution in [1.82, 2.24) is 29.7 Å². The number of hydrogen-bond acceptors (Lipinski definition) is 8. The van der Waals surface area contributed by atoms with E-state index in [1.807, 2.05) is 24.2 Å². The minimum Gasteiger partial charge on any atom is -0.496 e. The molecule has 10 heteroatoms. The zero-order valence-corrected chi connectivity index (χ0v) is 23.0. The molecule has 206 valence electrons. The monoisotopic (exact) mass is 522 g/mol. The molecule has 3 heterocycles. The number of nitrogens with two attached hydrogens (primary N) is 1. The number of nitrogen functional groups attached to an aromatic ring is 1. The zero-order chi connectivity index (χ0) is 26.9. The Morgan fingerprint density at radius 2 is 1.89 bits per heavy atom. The molecule has 38 heavy (non-hydrogen) atoms. The maximum absolute atomic E-state index is 12.3. The van der Waals surface area contributed by atoms with Gasteiger partial charge in [0.25, 0.3) is 0 Å². The number of anilines is 2. The van der Waals surface area contributed by atoms with Crippen molar-refractivity contribution >= 4 is 28.7 Å². The Hall–Kier alpha value is -3.37. The van der Waals surface area contributed by atoms with Gasteiger partial charge in [0.15, 0.2) is 5.82 Å². The normalized spacial score (nSPS) is 14.2. The molecular weight excluding hydrogens is 480 g/mol. The van der Waals surface area contributed by atoms with Gasteiger partial charge in [0.05, 0.1) is 19.2 Å². The lowest BCUT2D eigenvalue weighted by Crippen LogP contribution is -2.48. The fourth-order valence-corrected chi connectivity index (χ4v) is 4.97. The molecule has 0 atom stereocenters. The number of benzene rings is 1. The summed E-state index contributed by atoms with van der Waals surface area (Å²) in [6, 6.07) is 8.43. The van der Waals surface area contributed by atoms with E-state index in [4.69, 9.17) is 10.5 Å². The average Bonchev–Trinajstić information content (AvgIpc) is 3.33. The number of carbonyl (C=O) groups is 1. The second-order valence-electron chi connectivity index (χ2n) is 9.90. The first-order valence-electron chi connectivity index (χ1n) is 13.7. The van der Waals surface area contributed by atoms with E-state index < -0.39 is 0 Å². The van der Waals surface area contributed by atoms with Crippen LogP contribution in [0.25, 0.3) is 11.0 Å². The van der Waals surface area contributed by atoms with E-state index in [1.54, 1.807) is 7.11 Å². The highest BCUT2D eigenvalue weighted by molar-refractivity contribution is 5.87. The fourth-order valence-electron chi connectivity index (χ4n) is 4.97. The molecule has 4 N–H and O–H groups in total. The second kappa shape index (κ2) is 13.4. The molecule has 4 rings (SSSR count). The van der Waals surface area contributed by atoms with Crippen LogP contribution >= 0.6 is 0 Å². The minimum absolute atomic E-state index is 0.231. The van der Waals surface area contributed by atoms with Gasteiger partial charge in [0, 0.05) is 64.0 Å². The third-order valence-electron chi connectivity index (χ3n) is 7.11. The van der Waals surface area contributed by atoms with E-state index in [2.05, 4.69) is 55.2 Å². The molecular formula is C28H42N8O2. The predicted octanol–water partition coefficient (Wildman–Crippen LogP) is 2.93. The highest BCUT2D eigenvalue weighted by atomic mass is 16.5. The number of nitrogens with one attached hydrogen (secondary N) is 2. The van der Waals surface area contributed by atoms with Crippen LogP contribution in [0.4, 0.5) is 11.8 Å². The number of nitrogens with zero attached hydrogens (tertiary/aromatic N) is 5. The van der Waals surface area contributed by atoms with Crippen LogP contribution in [0.1, 0.15) is 43.7 Å². The number of amides is 1. The Bertz CT molecular complexity index is 1200. The molecule has 1 fully saturated rings. The van der Waals surface area contributed by atoms with Crippen LogP contribution in [0.5, 0.6) is 5.75 Å². The van der Waals surface area contributed by atoms with Crippen LogP contribution in [0.3, 0.4) is 0 Å². The Morgan fingerprint density at radius 3 is 2.63 bits per heavy atom. The number of unbranched alkanes of at least 4 members (excludes halogenated alkanes) is 2. The van der Waals surface area contributed by atoms with E-state index in [1.165, 1.54) is 18.4 Å². The van der Waals surface area contributed by atoms with Crippen molar-refractivity contribution in [3.63, 3.8) is 0 Å². The summed E-state index contributed by atoms with van der Waals surface area (Å²) >= 11 is 0. The molecule has 1 amide bonds. The maximum Gasteiger partial charge on any atom is 0.223 e. The molecule has 0 bridgehead atoms. The van der Waals surface area contributed by atoms with Crippen molar-refractivity contribution in [3.8, 4) is 5.75 Å². The summed E-state index contributed by atoms with van der Waals surface area (Å²) in [5.41, 5.74) is 10.0. The number of aromatic nitrogens is 3. The summed E-state index contributed by atoms with van der Waals surface area (Å²) in [6.07, 6.45) is 6.01. The molecule has 1 saturated heterocycles. The van der Waals surface area contributed by atoms with Crippen molar-refractivity contribution in [3.05, 3.63) is 41.6 Å². The molecule has 2 aromatic heterocycles. The van der Waals surface area contributed by atoms with E-state index >= 15 is 0 Å². The Balaban J connectivity index is 1.43. The largest absolute Gasteiger partial charge is 0.496 e. The number of carbonyl (C=O) groups excluding carboxylic acids is 1. The molecule has 1 aromatic carbocycles. The number of methoxy groups -OCH3 is 1. The number of hydrogen-bond donors (Lipinski definition) is 3. The number of fused-ring (bicyclic) bond motifs is 1. The lowest BCUT2D eigenvalue weighted by Gasteiger charge is -2.35. The summed E-state index contributed by atoms with van der Waals surface area (Å²) in [7, 11) is 3.59. The van der Waals surface area contributed by atoms with E-state index in [0.717, 1.165) is 80.4 Å². The van der Waals surface area contributed by atoms with Gasteiger partial charge in [-0.2, -0.15) is 4.98 Å². The van der Waals surface area contributed by atoms with Gasteiger partial charge in [0.2, 0.25) is 11.9 Å². The van der Waals surface area contributed by atoms with Crippen molar-refractivity contribution in [2.45, 2.75) is 45.7 Å². The van der Waals surface area contributed by atoms with Crippen LogP contribution in [-0.4, -0.2) is 83.7 Å². The van der Waals surface area contributed by atoms with Gasteiger partial charge in [-0.05, 0) is 31.2 Å². The fraction of sp³-hybridized carbons (Fsp3) is 0.536. The van der Waals surface area contributed by atoms with Gasteiger partial charge in [0.1, 0.15) is 11.3 Å². The van der Waals surface area contributed by atoms with Crippen LogP contribution in [0, 0.1) is 0 Å². The van der Waals surface area contributed by atoms with Gasteiger partial charge in [-0.3, -0.25) is 9.69 Å². The molecule has 1 aliphatic rings. The molecule has 1 aliphatic heterocycles. The van der Waals surface area contributed by atoms with Gasteiger partial charge < -0.3 is 30.6 Å². The van der Waals surface area contributed by atoms with Crippen LogP contribution in [0.2, 0.25) is 0 Å². The molecule has 3 aromatic rings. The molecule has 0 aliphatic carbocycles. The Morgan fingerprint density at radius 1 is 1.08 bits per heavy atom. The summed E-state index contributed by atoms with van der Waals surface area (Å²) in [6.45, 7) is 8.55. The lowest BCUT2D eigenvalue weighted by molar-refractivity contribution is -0.132. The lowest BCUT2D eigenvalue weighted by atomic mass is 10.1. The van der Waals surface area contributed by atoms with Gasteiger partial charge in [-0.15, -0.1) is 0 Å².